The molecule has 0 aliphatic carbocycles. The molecule has 1 aromatic carbocycles. The Labute approximate surface area is 169 Å². The van der Waals surface area contributed by atoms with E-state index in [0.717, 1.165) is 12.0 Å². The zero-order valence-electron chi connectivity index (χ0n) is 14.5. The molecule has 1 aromatic heterocycles. The predicted molar refractivity (Wildman–Crippen MR) is 101 cm³/mol. The first-order chi connectivity index (χ1) is 13.0. The van der Waals surface area contributed by atoms with Crippen LogP contribution in [0.15, 0.2) is 53.3 Å². The molecular weight excluding hydrogens is 442 g/mol. The van der Waals surface area contributed by atoms with Crippen molar-refractivity contribution in [2.75, 3.05) is 14.2 Å². The van der Waals surface area contributed by atoms with Crippen molar-refractivity contribution < 1.29 is 33.7 Å². The maximum Gasteiger partial charge on any atom is 0.337 e. The first-order valence-corrected chi connectivity index (χ1v) is 9.06. The van der Waals surface area contributed by atoms with Gasteiger partial charge in [0.1, 0.15) is 0 Å². The van der Waals surface area contributed by atoms with Crippen LogP contribution in [-0.2, 0) is 23.6 Å². The van der Waals surface area contributed by atoms with Gasteiger partial charge in [-0.05, 0) is 29.8 Å². The van der Waals surface area contributed by atoms with Gasteiger partial charge in [0, 0.05) is 28.9 Å². The van der Waals surface area contributed by atoms with Gasteiger partial charge in [0.15, 0.2) is 0 Å². The molecule has 146 valence electrons. The van der Waals surface area contributed by atoms with E-state index < -0.39 is 17.2 Å². The van der Waals surface area contributed by atoms with Gasteiger partial charge in [-0.2, -0.15) is 0 Å². The van der Waals surface area contributed by atoms with Crippen molar-refractivity contribution in [2.24, 2.45) is 0 Å². The number of esters is 2. The Morgan fingerprint density at radius 1 is 1.19 bits per heavy atom. The highest BCUT2D eigenvalue weighted by Gasteiger charge is 2.22. The number of carbonyl (C=O) groups is 2. The van der Waals surface area contributed by atoms with Crippen molar-refractivity contribution in [3.05, 3.63) is 64.4 Å². The lowest BCUT2D eigenvalue weighted by atomic mass is 10.1. The number of pyridine rings is 1. The van der Waals surface area contributed by atoms with E-state index in [9.17, 15) is 9.59 Å². The number of halogens is 1. The van der Waals surface area contributed by atoms with E-state index in [4.69, 9.17) is 5.26 Å². The Hall–Kier alpha value is -1.98. The van der Waals surface area contributed by atoms with Crippen LogP contribution in [0.3, 0.4) is 0 Å². The molecule has 2 aromatic rings. The minimum Gasteiger partial charge on any atom is -0.469 e. The molecule has 0 radical (unpaired) electrons. The molecule has 0 saturated carbocycles. The van der Waals surface area contributed by atoms with Gasteiger partial charge >= 0.3 is 11.9 Å². The van der Waals surface area contributed by atoms with E-state index in [1.54, 1.807) is 30.6 Å². The number of rotatable bonds is 7. The topological polar surface area (TPSA) is 104 Å². The summed E-state index contributed by atoms with van der Waals surface area (Å²) in [5.41, 5.74) is 1.02. The summed E-state index contributed by atoms with van der Waals surface area (Å²) in [6.07, 6.45) is 3.49. The molecule has 0 saturated heterocycles. The van der Waals surface area contributed by atoms with Gasteiger partial charge in [-0.1, -0.05) is 33.1 Å². The summed E-state index contributed by atoms with van der Waals surface area (Å²) >= 11 is 4.05. The predicted octanol–water partition coefficient (Wildman–Crippen LogP) is 3.99. The van der Waals surface area contributed by atoms with E-state index in [1.165, 1.54) is 14.2 Å². The third-order valence-electron chi connectivity index (χ3n) is 3.10. The smallest absolute Gasteiger partial charge is 0.337 e. The summed E-state index contributed by atoms with van der Waals surface area (Å²) in [7, 11) is 2.55. The maximum atomic E-state index is 11.4. The van der Waals surface area contributed by atoms with E-state index in [-0.39, 0.29) is 6.42 Å². The number of methoxy groups -OCH3 is 2. The first kappa shape index (κ1) is 23.1. The second kappa shape index (κ2) is 13.2. The lowest BCUT2D eigenvalue weighted by molar-refractivity contribution is -0.432. The maximum absolute atomic E-state index is 11.4. The molecule has 1 heterocycles. The lowest BCUT2D eigenvalue weighted by Crippen LogP contribution is -2.08. The Kier molecular flexibility index (Phi) is 11.3. The van der Waals surface area contributed by atoms with Crippen LogP contribution in [0.4, 0.5) is 0 Å². The Morgan fingerprint density at radius 2 is 1.89 bits per heavy atom. The molecule has 10 heteroatoms. The van der Waals surface area contributed by atoms with E-state index in [1.807, 2.05) is 18.2 Å². The minimum absolute atomic E-state index is 0.0132. The molecule has 0 amide bonds. The van der Waals surface area contributed by atoms with Gasteiger partial charge < -0.3 is 9.47 Å². The zero-order chi connectivity index (χ0) is 20.1. The fraction of sp³-hybridized carbons (Fsp3) is 0.235. The zero-order valence-corrected chi connectivity index (χ0v) is 16.9. The van der Waals surface area contributed by atoms with Gasteiger partial charge in [-0.25, -0.2) is 10.1 Å². The van der Waals surface area contributed by atoms with Crippen LogP contribution in [0.25, 0.3) is 0 Å². The fourth-order valence-electron chi connectivity index (χ4n) is 1.84. The molecule has 0 aliphatic rings. The Morgan fingerprint density at radius 3 is 2.33 bits per heavy atom. The summed E-state index contributed by atoms with van der Waals surface area (Å²) in [4.78, 5) is 26.6. The molecule has 8 nitrogen and oxygen atoms in total. The summed E-state index contributed by atoms with van der Waals surface area (Å²) in [6.45, 7) is 0. The number of hydrogen-bond donors (Lipinski definition) is 1. The van der Waals surface area contributed by atoms with Crippen LogP contribution < -0.4 is 0 Å². The lowest BCUT2D eigenvalue weighted by Gasteiger charge is -2.15. The molecule has 2 rings (SSSR count). The molecule has 1 N–H and O–H groups in total. The highest BCUT2D eigenvalue weighted by atomic mass is 79.9. The average molecular weight is 460 g/mol. The van der Waals surface area contributed by atoms with Crippen LogP contribution in [-0.4, -0.2) is 36.4 Å². The van der Waals surface area contributed by atoms with Crippen LogP contribution >= 0.6 is 28.0 Å². The molecule has 0 fully saturated rings. The molecule has 0 bridgehead atoms. The number of nitrogens with zero attached hydrogens (tertiary/aromatic N) is 1. The first-order valence-electron chi connectivity index (χ1n) is 7.46. The molecule has 1 atom stereocenters. The summed E-state index contributed by atoms with van der Waals surface area (Å²) < 4.78 is 14.2. The van der Waals surface area contributed by atoms with E-state index in [0.29, 0.717) is 15.6 Å². The van der Waals surface area contributed by atoms with Crippen LogP contribution in [0.5, 0.6) is 0 Å². The van der Waals surface area contributed by atoms with Crippen LogP contribution in [0.2, 0.25) is 0 Å². The number of aromatic nitrogens is 1. The van der Waals surface area contributed by atoms with Gasteiger partial charge in [-0.15, -0.1) is 4.33 Å². The highest BCUT2D eigenvalue weighted by Crippen LogP contribution is 2.37. The van der Waals surface area contributed by atoms with Crippen molar-refractivity contribution in [3.63, 3.8) is 0 Å². The van der Waals surface area contributed by atoms with Gasteiger partial charge in [0.25, 0.3) is 0 Å². The second-order valence-corrected chi connectivity index (χ2v) is 6.51. The second-order valence-electron chi connectivity index (χ2n) is 4.76. The number of benzene rings is 1. The third-order valence-corrected chi connectivity index (χ3v) is 4.58. The number of ether oxygens (including phenoxy) is 2. The van der Waals surface area contributed by atoms with E-state index in [2.05, 4.69) is 39.8 Å². The quantitative estimate of drug-likeness (QED) is 0.284. The van der Waals surface area contributed by atoms with E-state index >= 15 is 0 Å². The normalized spacial score (nSPS) is 11.0. The Balaban J connectivity index is 0.000000511. The number of carbonyl (C=O) groups excluding carboxylic acids is 2. The van der Waals surface area contributed by atoms with Crippen molar-refractivity contribution >= 4 is 39.9 Å². The molecule has 0 spiro atoms. The molecule has 1 unspecified atom stereocenters. The van der Waals surface area contributed by atoms with Crippen molar-refractivity contribution in [2.45, 2.75) is 11.7 Å². The standard InChI is InChI=1S/C12H13BrO7S.C5H5N/c1-17-11(14)6-10(21-20-19-16)8-4-3-7(5-9(8)13)12(15)18-2;1-2-4-6-5-3-1/h3-5,10,16H,6H2,1-2H3;1-5H. The largest absolute Gasteiger partial charge is 0.469 e. The van der Waals surface area contributed by atoms with Gasteiger partial charge in [0.2, 0.25) is 0 Å². The van der Waals surface area contributed by atoms with Crippen molar-refractivity contribution in [1.29, 1.82) is 0 Å². The van der Waals surface area contributed by atoms with Gasteiger partial charge in [0.05, 0.1) is 31.5 Å². The Bertz CT molecular complexity index is 691. The van der Waals surface area contributed by atoms with Crippen molar-refractivity contribution in [3.8, 4) is 0 Å². The monoisotopic (exact) mass is 459 g/mol. The minimum atomic E-state index is -0.509. The SMILES string of the molecule is COC(=O)CC(SOOO)c1ccc(C(=O)OC)cc1Br.c1ccncc1. The number of hydrogen-bond acceptors (Lipinski definition) is 9. The average Bonchev–Trinajstić information content (AvgIpc) is 2.72. The summed E-state index contributed by atoms with van der Waals surface area (Å²) in [5.74, 6) is -0.938. The summed E-state index contributed by atoms with van der Waals surface area (Å²) in [5, 5.41) is 11.3. The third kappa shape index (κ3) is 8.50. The van der Waals surface area contributed by atoms with Crippen molar-refractivity contribution in [1.82, 2.24) is 4.98 Å². The van der Waals surface area contributed by atoms with Crippen LogP contribution in [0.1, 0.15) is 27.6 Å². The fourth-order valence-corrected chi connectivity index (χ4v) is 3.29. The summed E-state index contributed by atoms with van der Waals surface area (Å²) in [6, 6.07) is 10.5. The molecule has 27 heavy (non-hydrogen) atoms. The molecular formula is C17H18BrNO7S. The van der Waals surface area contributed by atoms with Gasteiger partial charge in [-0.3, -0.25) is 9.78 Å². The van der Waals surface area contributed by atoms with Crippen LogP contribution in [0, 0.1) is 0 Å². The molecule has 0 aliphatic heterocycles. The highest BCUT2D eigenvalue weighted by molar-refractivity contribution is 9.10.